The molecule has 2 amide bonds. The van der Waals surface area contributed by atoms with Crippen molar-refractivity contribution in [1.29, 1.82) is 0 Å². The summed E-state index contributed by atoms with van der Waals surface area (Å²) in [7, 11) is 0. The molecule has 1 atom stereocenters. The average Bonchev–Trinajstić information content (AvgIpc) is 2.70. The highest BCUT2D eigenvalue weighted by Gasteiger charge is 2.30. The van der Waals surface area contributed by atoms with Crippen molar-refractivity contribution in [3.05, 3.63) is 29.8 Å². The Morgan fingerprint density at radius 3 is 2.58 bits per heavy atom. The highest BCUT2D eigenvalue weighted by atomic mass is 16.5. The second kappa shape index (κ2) is 6.36. The van der Waals surface area contributed by atoms with Crippen molar-refractivity contribution in [3.8, 4) is 5.75 Å². The summed E-state index contributed by atoms with van der Waals surface area (Å²) in [5.74, 6) is 0.298. The lowest BCUT2D eigenvalue weighted by molar-refractivity contribution is -0.125. The van der Waals surface area contributed by atoms with Gasteiger partial charge in [0.15, 0.2) is 0 Å². The first-order chi connectivity index (χ1) is 9.19. The molecule has 1 aliphatic rings. The molecule has 1 unspecified atom stereocenters. The number of nitrogens with one attached hydrogen (secondary N) is 1. The molecule has 0 aliphatic carbocycles. The molecule has 2 rings (SSSR count). The Morgan fingerprint density at radius 1 is 1.26 bits per heavy atom. The zero-order valence-corrected chi connectivity index (χ0v) is 11.1. The van der Waals surface area contributed by atoms with Gasteiger partial charge in [-0.2, -0.15) is 0 Å². The molecule has 0 bridgehead atoms. The minimum atomic E-state index is -0.223. The topological polar surface area (TPSA) is 55.4 Å². The molecule has 102 valence electrons. The van der Waals surface area contributed by atoms with Crippen molar-refractivity contribution < 1.29 is 14.3 Å². The highest BCUT2D eigenvalue weighted by Crippen LogP contribution is 2.19. The molecule has 1 aromatic rings. The van der Waals surface area contributed by atoms with Crippen molar-refractivity contribution in [2.75, 3.05) is 6.61 Å². The molecule has 1 N–H and O–H groups in total. The Bertz CT molecular complexity index is 453. The molecule has 1 aliphatic heterocycles. The third-order valence-electron chi connectivity index (χ3n) is 3.24. The van der Waals surface area contributed by atoms with Crippen LogP contribution in [0.4, 0.5) is 0 Å². The zero-order chi connectivity index (χ0) is 13.7. The summed E-state index contributed by atoms with van der Waals surface area (Å²) in [6.07, 6.45) is 3.06. The van der Waals surface area contributed by atoms with Crippen LogP contribution in [0.2, 0.25) is 0 Å². The Kier molecular flexibility index (Phi) is 4.55. The van der Waals surface area contributed by atoms with E-state index >= 15 is 0 Å². The minimum absolute atomic E-state index is 0.159. The predicted octanol–water partition coefficient (Wildman–Crippen LogP) is 2.07. The first kappa shape index (κ1) is 13.6. The van der Waals surface area contributed by atoms with Gasteiger partial charge >= 0.3 is 0 Å². The van der Waals surface area contributed by atoms with E-state index in [4.69, 9.17) is 4.74 Å². The molecule has 0 radical (unpaired) electrons. The summed E-state index contributed by atoms with van der Waals surface area (Å²) in [6, 6.07) is 7.74. The molecule has 4 nitrogen and oxygen atoms in total. The van der Waals surface area contributed by atoms with Crippen LogP contribution < -0.4 is 10.1 Å². The van der Waals surface area contributed by atoms with Gasteiger partial charge in [-0.05, 0) is 30.5 Å². The summed E-state index contributed by atoms with van der Waals surface area (Å²) in [5, 5.41) is 2.33. The van der Waals surface area contributed by atoms with Crippen LogP contribution in [0.15, 0.2) is 24.3 Å². The van der Waals surface area contributed by atoms with E-state index in [-0.39, 0.29) is 17.7 Å². The van der Waals surface area contributed by atoms with E-state index in [1.165, 1.54) is 0 Å². The summed E-state index contributed by atoms with van der Waals surface area (Å²) in [4.78, 5) is 22.6. The molecule has 19 heavy (non-hydrogen) atoms. The van der Waals surface area contributed by atoms with Gasteiger partial charge in [0.1, 0.15) is 5.75 Å². The number of hydrogen-bond donors (Lipinski definition) is 1. The molecule has 1 heterocycles. The van der Waals surface area contributed by atoms with Gasteiger partial charge in [0.2, 0.25) is 11.8 Å². The van der Waals surface area contributed by atoms with Gasteiger partial charge in [-0.1, -0.05) is 25.5 Å². The summed E-state index contributed by atoms with van der Waals surface area (Å²) in [5.41, 5.74) is 1.05. The summed E-state index contributed by atoms with van der Waals surface area (Å²) >= 11 is 0. The van der Waals surface area contributed by atoms with E-state index in [0.29, 0.717) is 12.8 Å². The number of ether oxygens (including phenoxy) is 1. The SMILES string of the molecule is CCCCOc1ccc(CC2CC(=O)NC2=O)cc1. The third kappa shape index (κ3) is 3.81. The number of carbonyl (C=O) groups is 2. The quantitative estimate of drug-likeness (QED) is 0.630. The van der Waals surface area contributed by atoms with Gasteiger partial charge in [-0.3, -0.25) is 14.9 Å². The van der Waals surface area contributed by atoms with E-state index in [1.807, 2.05) is 24.3 Å². The Labute approximate surface area is 113 Å². The van der Waals surface area contributed by atoms with Crippen molar-refractivity contribution in [1.82, 2.24) is 5.32 Å². The minimum Gasteiger partial charge on any atom is -0.494 e. The van der Waals surface area contributed by atoms with Gasteiger partial charge in [0, 0.05) is 6.42 Å². The molecule has 1 fully saturated rings. The summed E-state index contributed by atoms with van der Waals surface area (Å²) < 4.78 is 5.58. The molecule has 1 saturated heterocycles. The fourth-order valence-electron chi connectivity index (χ4n) is 2.11. The molecule has 1 aromatic carbocycles. The van der Waals surface area contributed by atoms with Gasteiger partial charge in [-0.25, -0.2) is 0 Å². The number of hydrogen-bond acceptors (Lipinski definition) is 3. The second-order valence-electron chi connectivity index (χ2n) is 4.86. The molecule has 0 spiro atoms. The normalized spacial score (nSPS) is 18.5. The van der Waals surface area contributed by atoms with Crippen LogP contribution in [-0.2, 0) is 16.0 Å². The fraction of sp³-hybridized carbons (Fsp3) is 0.467. The van der Waals surface area contributed by atoms with Crippen molar-refractivity contribution in [2.24, 2.45) is 5.92 Å². The van der Waals surface area contributed by atoms with Gasteiger partial charge in [0.25, 0.3) is 0 Å². The predicted molar refractivity (Wildman–Crippen MR) is 71.8 cm³/mol. The van der Waals surface area contributed by atoms with E-state index in [0.717, 1.165) is 30.8 Å². The Balaban J connectivity index is 1.88. The number of amides is 2. The largest absolute Gasteiger partial charge is 0.494 e. The van der Waals surface area contributed by atoms with Crippen LogP contribution in [-0.4, -0.2) is 18.4 Å². The van der Waals surface area contributed by atoms with Crippen LogP contribution in [0.5, 0.6) is 5.75 Å². The van der Waals surface area contributed by atoms with Crippen LogP contribution in [0.3, 0.4) is 0 Å². The van der Waals surface area contributed by atoms with E-state index in [1.54, 1.807) is 0 Å². The number of carbonyl (C=O) groups excluding carboxylic acids is 2. The van der Waals surface area contributed by atoms with Crippen LogP contribution in [0.1, 0.15) is 31.7 Å². The van der Waals surface area contributed by atoms with E-state index in [9.17, 15) is 9.59 Å². The smallest absolute Gasteiger partial charge is 0.230 e. The molecule has 0 saturated carbocycles. The lowest BCUT2D eigenvalue weighted by Gasteiger charge is -2.08. The van der Waals surface area contributed by atoms with Crippen LogP contribution in [0, 0.1) is 5.92 Å². The molecule has 0 aromatic heterocycles. The van der Waals surface area contributed by atoms with Crippen LogP contribution >= 0.6 is 0 Å². The second-order valence-corrected chi connectivity index (χ2v) is 4.86. The first-order valence-electron chi connectivity index (χ1n) is 6.74. The zero-order valence-electron chi connectivity index (χ0n) is 11.1. The maximum absolute atomic E-state index is 11.5. The fourth-order valence-corrected chi connectivity index (χ4v) is 2.11. The lowest BCUT2D eigenvalue weighted by Crippen LogP contribution is -2.22. The summed E-state index contributed by atoms with van der Waals surface area (Å²) in [6.45, 7) is 2.86. The molecular formula is C15H19NO3. The standard InChI is InChI=1S/C15H19NO3/c1-2-3-8-19-13-6-4-11(5-7-13)9-12-10-14(17)16-15(12)18/h4-7,12H,2-3,8-10H2,1H3,(H,16,17,18). The van der Waals surface area contributed by atoms with E-state index in [2.05, 4.69) is 12.2 Å². The van der Waals surface area contributed by atoms with Crippen LogP contribution in [0.25, 0.3) is 0 Å². The van der Waals surface area contributed by atoms with Gasteiger partial charge in [0.05, 0.1) is 12.5 Å². The number of unbranched alkanes of at least 4 members (excludes halogenated alkanes) is 1. The Hall–Kier alpha value is -1.84. The van der Waals surface area contributed by atoms with Crippen molar-refractivity contribution >= 4 is 11.8 Å². The highest BCUT2D eigenvalue weighted by molar-refractivity contribution is 6.03. The van der Waals surface area contributed by atoms with Crippen molar-refractivity contribution in [3.63, 3.8) is 0 Å². The lowest BCUT2D eigenvalue weighted by atomic mass is 9.98. The third-order valence-corrected chi connectivity index (χ3v) is 3.24. The molecule has 4 heteroatoms. The van der Waals surface area contributed by atoms with Gasteiger partial charge in [-0.15, -0.1) is 0 Å². The number of imide groups is 1. The van der Waals surface area contributed by atoms with E-state index < -0.39 is 0 Å². The first-order valence-corrected chi connectivity index (χ1v) is 6.74. The van der Waals surface area contributed by atoms with Crippen molar-refractivity contribution in [2.45, 2.75) is 32.6 Å². The maximum Gasteiger partial charge on any atom is 0.230 e. The number of benzene rings is 1. The number of rotatable bonds is 6. The maximum atomic E-state index is 11.5. The average molecular weight is 261 g/mol. The monoisotopic (exact) mass is 261 g/mol. The van der Waals surface area contributed by atoms with Gasteiger partial charge < -0.3 is 4.74 Å². The Morgan fingerprint density at radius 2 is 2.00 bits per heavy atom. The molecular weight excluding hydrogens is 242 g/mol.